The van der Waals surface area contributed by atoms with Gasteiger partial charge in [0.15, 0.2) is 0 Å². The van der Waals surface area contributed by atoms with Crippen LogP contribution in [0.1, 0.15) is 11.1 Å². The lowest BCUT2D eigenvalue weighted by molar-refractivity contribution is -0.140. The van der Waals surface area contributed by atoms with Gasteiger partial charge in [-0.1, -0.05) is 6.07 Å². The number of rotatable bonds is 2. The molecule has 88 valence electrons. The third kappa shape index (κ3) is 2.72. The first-order chi connectivity index (χ1) is 7.23. The van der Waals surface area contributed by atoms with Crippen LogP contribution in [-0.2, 0) is 17.4 Å². The molecule has 0 atom stereocenters. The number of halogens is 5. The lowest BCUT2D eigenvalue weighted by Gasteiger charge is -2.11. The van der Waals surface area contributed by atoms with E-state index in [1.165, 1.54) is 0 Å². The number of carbonyl (C=O) groups is 1. The van der Waals surface area contributed by atoms with Gasteiger partial charge in [-0.15, -0.1) is 0 Å². The van der Waals surface area contributed by atoms with Gasteiger partial charge in [-0.2, -0.15) is 13.2 Å². The molecule has 0 bridgehead atoms. The summed E-state index contributed by atoms with van der Waals surface area (Å²) in [6.07, 6.45) is -5.34. The summed E-state index contributed by atoms with van der Waals surface area (Å²) >= 11 is 2.61. The van der Waals surface area contributed by atoms with Crippen LogP contribution >= 0.6 is 15.9 Å². The van der Waals surface area contributed by atoms with Gasteiger partial charge >= 0.3 is 12.1 Å². The van der Waals surface area contributed by atoms with Gasteiger partial charge in [-0.3, -0.25) is 4.79 Å². The zero-order chi connectivity index (χ0) is 12.5. The Morgan fingerprint density at radius 1 is 1.38 bits per heavy atom. The first-order valence-electron chi connectivity index (χ1n) is 3.99. The van der Waals surface area contributed by atoms with Gasteiger partial charge in [0.05, 0.1) is 16.5 Å². The van der Waals surface area contributed by atoms with Crippen molar-refractivity contribution in [2.75, 3.05) is 0 Å². The number of aliphatic carboxylic acids is 1. The second-order valence-corrected chi connectivity index (χ2v) is 3.76. The van der Waals surface area contributed by atoms with Crippen molar-refractivity contribution in [1.29, 1.82) is 0 Å². The number of hydrogen-bond donors (Lipinski definition) is 1. The van der Waals surface area contributed by atoms with Crippen LogP contribution in [0.25, 0.3) is 0 Å². The zero-order valence-electron chi connectivity index (χ0n) is 7.61. The quantitative estimate of drug-likeness (QED) is 0.852. The van der Waals surface area contributed by atoms with Gasteiger partial charge in [0.1, 0.15) is 5.82 Å². The number of carboxylic acid groups (broad SMARTS) is 1. The fourth-order valence-corrected chi connectivity index (χ4v) is 1.59. The molecule has 0 unspecified atom stereocenters. The SMILES string of the molecule is O=C(O)Cc1ccc(C(F)(F)F)c(F)c1Br. The van der Waals surface area contributed by atoms with E-state index in [1.807, 2.05) is 0 Å². The van der Waals surface area contributed by atoms with Crippen molar-refractivity contribution in [1.82, 2.24) is 0 Å². The van der Waals surface area contributed by atoms with Gasteiger partial charge in [0, 0.05) is 0 Å². The van der Waals surface area contributed by atoms with E-state index in [1.54, 1.807) is 0 Å². The molecule has 0 spiro atoms. The molecule has 1 N–H and O–H groups in total. The summed E-state index contributed by atoms with van der Waals surface area (Å²) < 4.78 is 49.5. The predicted octanol–water partition coefficient (Wildman–Crippen LogP) is 3.23. The van der Waals surface area contributed by atoms with E-state index in [9.17, 15) is 22.4 Å². The fourth-order valence-electron chi connectivity index (χ4n) is 1.11. The highest BCUT2D eigenvalue weighted by Crippen LogP contribution is 2.35. The largest absolute Gasteiger partial charge is 0.481 e. The Balaban J connectivity index is 3.24. The molecule has 1 aromatic rings. The second-order valence-electron chi connectivity index (χ2n) is 2.97. The average Bonchev–Trinajstić information content (AvgIpc) is 2.10. The van der Waals surface area contributed by atoms with Gasteiger partial charge in [0.2, 0.25) is 0 Å². The number of hydrogen-bond acceptors (Lipinski definition) is 1. The molecule has 0 radical (unpaired) electrons. The highest BCUT2D eigenvalue weighted by molar-refractivity contribution is 9.10. The van der Waals surface area contributed by atoms with Crippen molar-refractivity contribution < 1.29 is 27.5 Å². The normalized spacial score (nSPS) is 11.6. The molecule has 0 aliphatic carbocycles. The molecule has 1 rings (SSSR count). The Morgan fingerprint density at radius 2 is 1.94 bits per heavy atom. The van der Waals surface area contributed by atoms with E-state index in [2.05, 4.69) is 15.9 Å². The van der Waals surface area contributed by atoms with E-state index in [4.69, 9.17) is 5.11 Å². The lowest BCUT2D eigenvalue weighted by Crippen LogP contribution is -2.10. The Morgan fingerprint density at radius 3 is 2.38 bits per heavy atom. The average molecular weight is 301 g/mol. The van der Waals surface area contributed by atoms with E-state index in [0.717, 1.165) is 6.07 Å². The van der Waals surface area contributed by atoms with Crippen LogP contribution in [0.2, 0.25) is 0 Å². The fraction of sp³-hybridized carbons (Fsp3) is 0.222. The maximum Gasteiger partial charge on any atom is 0.419 e. The molecular formula is C9H5BrF4O2. The lowest BCUT2D eigenvalue weighted by atomic mass is 10.1. The van der Waals surface area contributed by atoms with Crippen molar-refractivity contribution in [2.24, 2.45) is 0 Å². The molecule has 0 aromatic heterocycles. The van der Waals surface area contributed by atoms with E-state index in [0.29, 0.717) is 6.07 Å². The molecule has 7 heteroatoms. The zero-order valence-corrected chi connectivity index (χ0v) is 9.19. The van der Waals surface area contributed by atoms with Crippen LogP contribution in [0.15, 0.2) is 16.6 Å². The summed E-state index contributed by atoms with van der Waals surface area (Å²) in [5.41, 5.74) is -1.47. The van der Waals surface area contributed by atoms with E-state index < -0.39 is 34.4 Å². The third-order valence-electron chi connectivity index (χ3n) is 1.81. The molecule has 0 heterocycles. The van der Waals surface area contributed by atoms with Gasteiger partial charge < -0.3 is 5.11 Å². The van der Waals surface area contributed by atoms with Crippen molar-refractivity contribution in [2.45, 2.75) is 12.6 Å². The van der Waals surface area contributed by atoms with Crippen molar-refractivity contribution >= 4 is 21.9 Å². The van der Waals surface area contributed by atoms with Crippen molar-refractivity contribution in [3.8, 4) is 0 Å². The molecule has 0 fully saturated rings. The molecule has 16 heavy (non-hydrogen) atoms. The first kappa shape index (κ1) is 13.0. The summed E-state index contributed by atoms with van der Waals surface area (Å²) in [7, 11) is 0. The summed E-state index contributed by atoms with van der Waals surface area (Å²) in [6.45, 7) is 0. The molecule has 0 saturated heterocycles. The van der Waals surface area contributed by atoms with Gasteiger partial charge in [-0.05, 0) is 27.6 Å². The summed E-state index contributed by atoms with van der Waals surface area (Å²) in [5.74, 6) is -2.74. The topological polar surface area (TPSA) is 37.3 Å². The molecule has 1 aromatic carbocycles. The Bertz CT molecular complexity index is 428. The highest BCUT2D eigenvalue weighted by atomic mass is 79.9. The molecular weight excluding hydrogens is 296 g/mol. The second kappa shape index (κ2) is 4.40. The minimum Gasteiger partial charge on any atom is -0.481 e. The number of benzene rings is 1. The van der Waals surface area contributed by atoms with Crippen LogP contribution in [-0.4, -0.2) is 11.1 Å². The maximum atomic E-state index is 13.2. The van der Waals surface area contributed by atoms with E-state index >= 15 is 0 Å². The maximum absolute atomic E-state index is 13.2. The number of alkyl halides is 3. The Hall–Kier alpha value is -1.11. The molecule has 0 aliphatic heterocycles. The standard InChI is InChI=1S/C9H5BrF4O2/c10-7-4(3-6(15)16)1-2-5(8(7)11)9(12,13)14/h1-2H,3H2,(H,15,16). The Kier molecular flexibility index (Phi) is 3.57. The van der Waals surface area contributed by atoms with Gasteiger partial charge in [0.25, 0.3) is 0 Å². The summed E-state index contributed by atoms with van der Waals surface area (Å²) in [6, 6.07) is 1.46. The summed E-state index contributed by atoms with van der Waals surface area (Å²) in [5, 5.41) is 8.45. The predicted molar refractivity (Wildman–Crippen MR) is 50.4 cm³/mol. The van der Waals surface area contributed by atoms with Crippen LogP contribution in [0.3, 0.4) is 0 Å². The van der Waals surface area contributed by atoms with Crippen LogP contribution < -0.4 is 0 Å². The first-order valence-corrected chi connectivity index (χ1v) is 4.78. The molecule has 0 aliphatic rings. The van der Waals surface area contributed by atoms with E-state index in [-0.39, 0.29) is 5.56 Å². The number of carboxylic acids is 1. The molecule has 0 amide bonds. The third-order valence-corrected chi connectivity index (χ3v) is 2.67. The molecule has 2 nitrogen and oxygen atoms in total. The van der Waals surface area contributed by atoms with Crippen LogP contribution in [0.4, 0.5) is 17.6 Å². The monoisotopic (exact) mass is 300 g/mol. The van der Waals surface area contributed by atoms with Crippen LogP contribution in [0.5, 0.6) is 0 Å². The van der Waals surface area contributed by atoms with Gasteiger partial charge in [-0.25, -0.2) is 4.39 Å². The van der Waals surface area contributed by atoms with Crippen molar-refractivity contribution in [3.05, 3.63) is 33.5 Å². The van der Waals surface area contributed by atoms with Crippen LogP contribution in [0, 0.1) is 5.82 Å². The molecule has 0 saturated carbocycles. The summed E-state index contributed by atoms with van der Waals surface area (Å²) in [4.78, 5) is 10.3. The highest BCUT2D eigenvalue weighted by Gasteiger charge is 2.35. The van der Waals surface area contributed by atoms with Crippen molar-refractivity contribution in [3.63, 3.8) is 0 Å². The minimum atomic E-state index is -4.80. The minimum absolute atomic E-state index is 0.0435. The Labute approximate surface area is 96.0 Å². The smallest absolute Gasteiger partial charge is 0.419 e.